The Hall–Kier alpha value is -3.22. The summed E-state index contributed by atoms with van der Waals surface area (Å²) in [4.78, 5) is 36.8. The van der Waals surface area contributed by atoms with E-state index >= 15 is 0 Å². The molecule has 0 aromatic heterocycles. The minimum Gasteiger partial charge on any atom is -0.452 e. The second-order valence-electron chi connectivity index (χ2n) is 6.99. The van der Waals surface area contributed by atoms with Crippen LogP contribution in [0.25, 0.3) is 0 Å². The Morgan fingerprint density at radius 2 is 1.63 bits per heavy atom. The van der Waals surface area contributed by atoms with E-state index < -0.39 is 23.0 Å². The molecule has 0 fully saturated rings. The van der Waals surface area contributed by atoms with Gasteiger partial charge in [-0.05, 0) is 32.4 Å². The zero-order valence-electron chi connectivity index (χ0n) is 15.5. The molecular weight excluding hydrogens is 348 g/mol. The molecule has 0 atom stereocenters. The number of hydrogen-bond acceptors (Lipinski definition) is 5. The second-order valence-corrected chi connectivity index (χ2v) is 6.99. The van der Waals surface area contributed by atoms with Gasteiger partial charge in [-0.3, -0.25) is 14.9 Å². The number of benzene rings is 2. The van der Waals surface area contributed by atoms with E-state index in [1.165, 1.54) is 24.3 Å². The number of hydrogen-bond donors (Lipinski definition) is 0. The second kappa shape index (κ2) is 8.44. The number of nitrogens with zero attached hydrogens (tertiary/aromatic N) is 2. The summed E-state index contributed by atoms with van der Waals surface area (Å²) in [5, 5.41) is 11.0. The number of carbonyl (C=O) groups is 2. The molecule has 2 rings (SSSR count). The van der Waals surface area contributed by atoms with E-state index in [4.69, 9.17) is 4.74 Å². The Labute approximate surface area is 157 Å². The van der Waals surface area contributed by atoms with E-state index in [9.17, 15) is 19.7 Å². The van der Waals surface area contributed by atoms with E-state index in [1.807, 2.05) is 51.1 Å². The van der Waals surface area contributed by atoms with Gasteiger partial charge < -0.3 is 9.64 Å². The maximum Gasteiger partial charge on any atom is 0.345 e. The maximum atomic E-state index is 12.7. The third-order valence-corrected chi connectivity index (χ3v) is 3.94. The minimum atomic E-state index is -0.899. The van der Waals surface area contributed by atoms with Gasteiger partial charge >= 0.3 is 5.97 Å². The zero-order valence-corrected chi connectivity index (χ0v) is 15.5. The Balaban J connectivity index is 2.10. The molecule has 7 heteroatoms. The summed E-state index contributed by atoms with van der Waals surface area (Å²) in [5.74, 6) is -1.28. The summed E-state index contributed by atoms with van der Waals surface area (Å²) in [5.41, 5.74) is -0.0729. The lowest BCUT2D eigenvalue weighted by Gasteiger charge is -2.35. The van der Waals surface area contributed by atoms with Crippen molar-refractivity contribution in [2.75, 3.05) is 6.61 Å². The smallest absolute Gasteiger partial charge is 0.345 e. The fraction of sp³-hybridized carbons (Fsp3) is 0.300. The first-order chi connectivity index (χ1) is 12.7. The van der Waals surface area contributed by atoms with Crippen LogP contribution in [0.5, 0.6) is 0 Å². The van der Waals surface area contributed by atoms with Crippen LogP contribution in [-0.2, 0) is 16.1 Å². The molecule has 142 valence electrons. The molecule has 0 saturated carbocycles. The molecule has 0 heterocycles. The van der Waals surface area contributed by atoms with Crippen LogP contribution in [0.2, 0.25) is 0 Å². The molecule has 0 unspecified atom stereocenters. The SMILES string of the molecule is CC(C)(C)N(Cc1ccccc1)C(=O)COC(=O)c1ccccc1[N+](=O)[O-]. The van der Waals surface area contributed by atoms with Crippen molar-refractivity contribution >= 4 is 17.6 Å². The fourth-order valence-electron chi connectivity index (χ4n) is 2.55. The number of para-hydroxylation sites is 1. The van der Waals surface area contributed by atoms with Crippen molar-refractivity contribution in [3.05, 3.63) is 75.8 Å². The van der Waals surface area contributed by atoms with Crippen LogP contribution in [0, 0.1) is 10.1 Å². The number of nitro benzene ring substituents is 1. The molecular formula is C20H22N2O5. The Bertz CT molecular complexity index is 828. The maximum absolute atomic E-state index is 12.7. The van der Waals surface area contributed by atoms with Crippen molar-refractivity contribution in [3.8, 4) is 0 Å². The first-order valence-corrected chi connectivity index (χ1v) is 8.45. The summed E-state index contributed by atoms with van der Waals surface area (Å²) in [7, 11) is 0. The molecule has 0 aliphatic rings. The number of ether oxygens (including phenoxy) is 1. The number of esters is 1. The van der Waals surface area contributed by atoms with Crippen molar-refractivity contribution in [2.45, 2.75) is 32.9 Å². The average Bonchev–Trinajstić information content (AvgIpc) is 2.63. The molecule has 2 aromatic rings. The summed E-state index contributed by atoms with van der Waals surface area (Å²) in [6, 6.07) is 15.0. The largest absolute Gasteiger partial charge is 0.452 e. The summed E-state index contributed by atoms with van der Waals surface area (Å²) in [6.07, 6.45) is 0. The van der Waals surface area contributed by atoms with Crippen molar-refractivity contribution in [2.24, 2.45) is 0 Å². The van der Waals surface area contributed by atoms with Gasteiger partial charge in [0.05, 0.1) is 4.92 Å². The topological polar surface area (TPSA) is 89.8 Å². The third-order valence-electron chi connectivity index (χ3n) is 3.94. The highest BCUT2D eigenvalue weighted by Gasteiger charge is 2.28. The molecule has 0 N–H and O–H groups in total. The van der Waals surface area contributed by atoms with Gasteiger partial charge in [0, 0.05) is 18.2 Å². The Morgan fingerprint density at radius 1 is 1.04 bits per heavy atom. The quantitative estimate of drug-likeness (QED) is 0.440. The highest BCUT2D eigenvalue weighted by Crippen LogP contribution is 2.20. The van der Waals surface area contributed by atoms with E-state index in [1.54, 1.807) is 4.90 Å². The van der Waals surface area contributed by atoms with Crippen LogP contribution < -0.4 is 0 Å². The molecule has 0 aliphatic heterocycles. The van der Waals surface area contributed by atoms with Crippen molar-refractivity contribution in [1.82, 2.24) is 4.90 Å². The van der Waals surface area contributed by atoms with Crippen LogP contribution >= 0.6 is 0 Å². The molecule has 27 heavy (non-hydrogen) atoms. The van der Waals surface area contributed by atoms with Crippen LogP contribution in [0.1, 0.15) is 36.7 Å². The van der Waals surface area contributed by atoms with Gasteiger partial charge in [0.2, 0.25) is 0 Å². The molecule has 0 saturated heterocycles. The molecule has 0 radical (unpaired) electrons. The lowest BCUT2D eigenvalue weighted by molar-refractivity contribution is -0.385. The van der Waals surface area contributed by atoms with Crippen molar-refractivity contribution in [1.29, 1.82) is 0 Å². The lowest BCUT2D eigenvalue weighted by Crippen LogP contribution is -2.46. The van der Waals surface area contributed by atoms with Gasteiger partial charge in [0.1, 0.15) is 5.56 Å². The fourth-order valence-corrected chi connectivity index (χ4v) is 2.55. The lowest BCUT2D eigenvalue weighted by atomic mass is 10.0. The predicted molar refractivity (Wildman–Crippen MR) is 100 cm³/mol. The summed E-state index contributed by atoms with van der Waals surface area (Å²) < 4.78 is 5.06. The van der Waals surface area contributed by atoms with Gasteiger partial charge in [-0.1, -0.05) is 42.5 Å². The highest BCUT2D eigenvalue weighted by atomic mass is 16.6. The average molecular weight is 370 g/mol. The molecule has 0 aliphatic carbocycles. The number of rotatable bonds is 6. The van der Waals surface area contributed by atoms with Crippen molar-refractivity contribution in [3.63, 3.8) is 0 Å². The zero-order chi connectivity index (χ0) is 20.0. The summed E-state index contributed by atoms with van der Waals surface area (Å²) in [6.45, 7) is 5.54. The molecule has 0 bridgehead atoms. The Kier molecular flexibility index (Phi) is 6.28. The van der Waals surface area contributed by atoms with Gasteiger partial charge in [0.15, 0.2) is 6.61 Å². The van der Waals surface area contributed by atoms with Crippen LogP contribution in [0.15, 0.2) is 54.6 Å². The monoisotopic (exact) mass is 370 g/mol. The van der Waals surface area contributed by atoms with E-state index in [-0.39, 0.29) is 17.2 Å². The standard InChI is InChI=1S/C20H22N2O5/c1-20(2,3)21(13-15-9-5-4-6-10-15)18(23)14-27-19(24)16-11-7-8-12-17(16)22(25)26/h4-12H,13-14H2,1-3H3. The van der Waals surface area contributed by atoms with E-state index in [0.717, 1.165) is 5.56 Å². The van der Waals surface area contributed by atoms with Crippen LogP contribution in [0.3, 0.4) is 0 Å². The van der Waals surface area contributed by atoms with E-state index in [0.29, 0.717) is 6.54 Å². The van der Waals surface area contributed by atoms with Gasteiger partial charge in [-0.15, -0.1) is 0 Å². The third kappa shape index (κ3) is 5.37. The predicted octanol–water partition coefficient (Wildman–Crippen LogP) is 3.58. The number of carbonyl (C=O) groups excluding carboxylic acids is 2. The molecule has 7 nitrogen and oxygen atoms in total. The molecule has 0 spiro atoms. The first-order valence-electron chi connectivity index (χ1n) is 8.45. The number of nitro groups is 1. The highest BCUT2D eigenvalue weighted by molar-refractivity contribution is 5.95. The van der Waals surface area contributed by atoms with Gasteiger partial charge in [-0.2, -0.15) is 0 Å². The van der Waals surface area contributed by atoms with Gasteiger partial charge in [0.25, 0.3) is 11.6 Å². The first kappa shape index (κ1) is 20.1. The molecule has 2 aromatic carbocycles. The van der Waals surface area contributed by atoms with Gasteiger partial charge in [-0.25, -0.2) is 4.79 Å². The summed E-state index contributed by atoms with van der Waals surface area (Å²) >= 11 is 0. The van der Waals surface area contributed by atoms with Crippen LogP contribution in [-0.4, -0.2) is 33.8 Å². The number of amides is 1. The normalized spacial score (nSPS) is 10.9. The van der Waals surface area contributed by atoms with Crippen LogP contribution in [0.4, 0.5) is 5.69 Å². The van der Waals surface area contributed by atoms with E-state index in [2.05, 4.69) is 0 Å². The Morgan fingerprint density at radius 3 is 2.22 bits per heavy atom. The minimum absolute atomic E-state index is 0.180. The van der Waals surface area contributed by atoms with Crippen molar-refractivity contribution < 1.29 is 19.2 Å². The molecule has 1 amide bonds.